The third-order valence-corrected chi connectivity index (χ3v) is 5.49. The molecule has 1 aromatic heterocycles. The monoisotopic (exact) mass is 308 g/mol. The summed E-state index contributed by atoms with van der Waals surface area (Å²) in [6, 6.07) is 4.10. The largest absolute Gasteiger partial charge is 0.370 e. The van der Waals surface area contributed by atoms with Gasteiger partial charge in [0, 0.05) is 50.6 Å². The lowest BCUT2D eigenvalue weighted by molar-refractivity contribution is -0.114. The first-order chi connectivity index (χ1) is 11.1. The number of hydrogen-bond donors (Lipinski definition) is 0. The second kappa shape index (κ2) is 5.17. The van der Waals surface area contributed by atoms with E-state index in [2.05, 4.69) is 27.9 Å². The first-order valence-corrected chi connectivity index (χ1v) is 8.16. The molecule has 0 amide bonds. The van der Waals surface area contributed by atoms with Gasteiger partial charge in [-0.1, -0.05) is 0 Å². The minimum Gasteiger partial charge on any atom is -0.370 e. The van der Waals surface area contributed by atoms with Crippen molar-refractivity contribution in [1.29, 1.82) is 5.26 Å². The second-order valence-electron chi connectivity index (χ2n) is 7.13. The molecule has 0 N–H and O–H groups in total. The molecule has 3 heterocycles. The zero-order valence-electron chi connectivity index (χ0n) is 13.4. The molecule has 0 saturated carbocycles. The molecule has 0 atom stereocenters. The second-order valence-corrected chi connectivity index (χ2v) is 7.13. The van der Waals surface area contributed by atoms with Gasteiger partial charge in [0.25, 0.3) is 0 Å². The zero-order chi connectivity index (χ0) is 16.0. The van der Waals surface area contributed by atoms with Gasteiger partial charge in [-0.05, 0) is 36.9 Å². The van der Waals surface area contributed by atoms with Crippen LogP contribution in [0.15, 0.2) is 24.0 Å². The molecule has 0 unspecified atom stereocenters. The minimum absolute atomic E-state index is 0.0772. The number of carbonyl (C=O) groups is 1. The number of Topliss-reactive ketones (excluding diaryl/α,β-unsaturated/α-hetero) is 1. The number of likely N-dealkylation sites (tertiary alicyclic amines) is 2. The van der Waals surface area contributed by atoms with Gasteiger partial charge in [0.05, 0.1) is 5.70 Å². The predicted octanol–water partition coefficient (Wildman–Crippen LogP) is 1.47. The molecule has 23 heavy (non-hydrogen) atoms. The number of hydrogen-bond acceptors (Lipinski definition) is 5. The van der Waals surface area contributed by atoms with Crippen LogP contribution in [0.2, 0.25) is 0 Å². The molecule has 5 nitrogen and oxygen atoms in total. The fraction of sp³-hybridized carbons (Fsp3) is 0.500. The molecule has 0 aromatic carbocycles. The van der Waals surface area contributed by atoms with E-state index in [1.165, 1.54) is 13.1 Å². The fourth-order valence-electron chi connectivity index (χ4n) is 4.39. The number of rotatable bonds is 1. The molecule has 1 aliphatic carbocycles. The van der Waals surface area contributed by atoms with Crippen molar-refractivity contribution >= 4 is 11.5 Å². The molecule has 0 bridgehead atoms. The van der Waals surface area contributed by atoms with Crippen molar-refractivity contribution in [1.82, 2.24) is 14.8 Å². The van der Waals surface area contributed by atoms with Crippen LogP contribution in [0.4, 0.5) is 0 Å². The topological polar surface area (TPSA) is 60.2 Å². The molecule has 2 aliphatic heterocycles. The Morgan fingerprint density at radius 3 is 2.70 bits per heavy atom. The van der Waals surface area contributed by atoms with E-state index in [1.54, 1.807) is 12.4 Å². The number of aromatic nitrogens is 1. The summed E-state index contributed by atoms with van der Waals surface area (Å²) >= 11 is 0. The normalized spacial score (nSPS) is 23.5. The van der Waals surface area contributed by atoms with Gasteiger partial charge in [-0.25, -0.2) is 0 Å². The molecule has 2 saturated heterocycles. The summed E-state index contributed by atoms with van der Waals surface area (Å²) in [5, 5.41) is 9.51. The van der Waals surface area contributed by atoms with Crippen LogP contribution < -0.4 is 0 Å². The highest BCUT2D eigenvalue weighted by Crippen LogP contribution is 2.42. The molecule has 3 aliphatic rings. The number of piperidine rings is 1. The van der Waals surface area contributed by atoms with Gasteiger partial charge in [-0.3, -0.25) is 9.78 Å². The van der Waals surface area contributed by atoms with Crippen molar-refractivity contribution in [3.05, 3.63) is 35.2 Å². The van der Waals surface area contributed by atoms with Crippen molar-refractivity contribution in [2.45, 2.75) is 19.3 Å². The first kappa shape index (κ1) is 14.4. The van der Waals surface area contributed by atoms with Crippen LogP contribution in [0.3, 0.4) is 0 Å². The summed E-state index contributed by atoms with van der Waals surface area (Å²) in [7, 11) is 2.16. The molecule has 4 rings (SSSR count). The van der Waals surface area contributed by atoms with E-state index in [0.717, 1.165) is 42.8 Å². The Morgan fingerprint density at radius 2 is 2.04 bits per heavy atom. The van der Waals surface area contributed by atoms with E-state index in [-0.39, 0.29) is 12.2 Å². The lowest BCUT2D eigenvalue weighted by Gasteiger charge is -2.53. The standard InChI is InChI=1S/C18H20N4O/c1-21-11-18(12-21)3-6-22(7-4-18)17-14-2-5-20-10-13(14)8-16(23)15(17)9-19/h2,5,10H,3-4,6-8,11-12H2,1H3. The summed E-state index contributed by atoms with van der Waals surface area (Å²) in [6.07, 6.45) is 6.06. The highest BCUT2D eigenvalue weighted by Gasteiger charge is 2.44. The highest BCUT2D eigenvalue weighted by molar-refractivity contribution is 6.09. The smallest absolute Gasteiger partial charge is 0.179 e. The van der Waals surface area contributed by atoms with Crippen LogP contribution in [0, 0.1) is 16.7 Å². The van der Waals surface area contributed by atoms with Crippen LogP contribution in [0.5, 0.6) is 0 Å². The fourth-order valence-corrected chi connectivity index (χ4v) is 4.39. The van der Waals surface area contributed by atoms with E-state index >= 15 is 0 Å². The van der Waals surface area contributed by atoms with E-state index in [0.29, 0.717) is 11.0 Å². The van der Waals surface area contributed by atoms with Crippen LogP contribution in [0.1, 0.15) is 24.0 Å². The lowest BCUT2D eigenvalue weighted by atomic mass is 9.72. The summed E-state index contributed by atoms with van der Waals surface area (Å²) in [5.41, 5.74) is 3.57. The summed E-state index contributed by atoms with van der Waals surface area (Å²) < 4.78 is 0. The van der Waals surface area contributed by atoms with Crippen molar-refractivity contribution in [2.24, 2.45) is 5.41 Å². The highest BCUT2D eigenvalue weighted by atomic mass is 16.1. The molecular weight excluding hydrogens is 288 g/mol. The van der Waals surface area contributed by atoms with Crippen LogP contribution in [-0.4, -0.2) is 53.8 Å². The molecule has 5 heteroatoms. The van der Waals surface area contributed by atoms with E-state index in [9.17, 15) is 10.1 Å². The maximum atomic E-state index is 12.3. The maximum Gasteiger partial charge on any atom is 0.179 e. The number of carbonyl (C=O) groups excluding carboxylic acids is 1. The van der Waals surface area contributed by atoms with E-state index in [1.807, 2.05) is 6.07 Å². The quantitative estimate of drug-likeness (QED) is 0.786. The van der Waals surface area contributed by atoms with Gasteiger partial charge in [0.1, 0.15) is 11.6 Å². The van der Waals surface area contributed by atoms with Gasteiger partial charge >= 0.3 is 0 Å². The third kappa shape index (κ3) is 2.25. The Labute approximate surface area is 136 Å². The van der Waals surface area contributed by atoms with Crippen molar-refractivity contribution < 1.29 is 4.79 Å². The Hall–Kier alpha value is -2.19. The molecule has 0 radical (unpaired) electrons. The van der Waals surface area contributed by atoms with Crippen LogP contribution in [0.25, 0.3) is 5.70 Å². The Kier molecular flexibility index (Phi) is 3.24. The third-order valence-electron chi connectivity index (χ3n) is 5.49. The number of allylic oxidation sites excluding steroid dienone is 1. The Balaban J connectivity index is 1.66. The van der Waals surface area contributed by atoms with Gasteiger partial charge < -0.3 is 9.80 Å². The molecule has 1 aromatic rings. The van der Waals surface area contributed by atoms with Crippen LogP contribution in [-0.2, 0) is 11.2 Å². The summed E-state index contributed by atoms with van der Waals surface area (Å²) in [6.45, 7) is 4.18. The number of ketones is 1. The Morgan fingerprint density at radius 1 is 1.30 bits per heavy atom. The van der Waals surface area contributed by atoms with Gasteiger partial charge in [-0.2, -0.15) is 5.26 Å². The number of nitriles is 1. The first-order valence-electron chi connectivity index (χ1n) is 8.16. The SMILES string of the molecule is CN1CC2(CCN(C3=C(C#N)C(=O)Cc4cnccc43)CC2)C1. The molecular formula is C18H20N4O. The molecule has 2 fully saturated rings. The Bertz CT molecular complexity index is 730. The number of pyridine rings is 1. The summed E-state index contributed by atoms with van der Waals surface area (Å²) in [4.78, 5) is 21.1. The number of nitrogens with zero attached hydrogens (tertiary/aromatic N) is 4. The predicted molar refractivity (Wildman–Crippen MR) is 86.2 cm³/mol. The van der Waals surface area contributed by atoms with Crippen LogP contribution >= 0.6 is 0 Å². The van der Waals surface area contributed by atoms with Gasteiger partial charge in [0.15, 0.2) is 5.78 Å². The minimum atomic E-state index is -0.0772. The molecule has 1 spiro atoms. The molecule has 118 valence electrons. The average Bonchev–Trinajstić information content (AvgIpc) is 2.53. The lowest BCUT2D eigenvalue weighted by Crippen LogP contribution is -2.58. The van der Waals surface area contributed by atoms with Crippen molar-refractivity contribution in [2.75, 3.05) is 33.2 Å². The summed E-state index contributed by atoms with van der Waals surface area (Å²) in [5.74, 6) is -0.0772. The number of fused-ring (bicyclic) bond motifs is 1. The van der Waals surface area contributed by atoms with E-state index in [4.69, 9.17) is 0 Å². The zero-order valence-corrected chi connectivity index (χ0v) is 13.4. The van der Waals surface area contributed by atoms with E-state index < -0.39 is 0 Å². The van der Waals surface area contributed by atoms with Crippen molar-refractivity contribution in [3.8, 4) is 6.07 Å². The maximum absolute atomic E-state index is 12.3. The average molecular weight is 308 g/mol. The van der Waals surface area contributed by atoms with Gasteiger partial charge in [0.2, 0.25) is 0 Å². The van der Waals surface area contributed by atoms with Crippen molar-refractivity contribution in [3.63, 3.8) is 0 Å². The van der Waals surface area contributed by atoms with Gasteiger partial charge in [-0.15, -0.1) is 0 Å².